The Morgan fingerprint density at radius 2 is 1.76 bits per heavy atom. The summed E-state index contributed by atoms with van der Waals surface area (Å²) in [6.07, 6.45) is 0. The topological polar surface area (TPSA) is 59.2 Å². The fourth-order valence-corrected chi connectivity index (χ4v) is 2.70. The van der Waals surface area contributed by atoms with Gasteiger partial charge < -0.3 is 9.63 Å². The molecule has 21 heavy (non-hydrogen) atoms. The smallest absolute Gasteiger partial charge is 0.262 e. The molecule has 2 aromatic carbocycles. The van der Waals surface area contributed by atoms with E-state index in [2.05, 4.69) is 26.1 Å². The van der Waals surface area contributed by atoms with E-state index < -0.39 is 0 Å². The van der Waals surface area contributed by atoms with Crippen LogP contribution in [0, 0.1) is 0 Å². The van der Waals surface area contributed by atoms with Gasteiger partial charge in [-0.1, -0.05) is 44.3 Å². The van der Waals surface area contributed by atoms with Crippen LogP contribution in [-0.2, 0) is 0 Å². The van der Waals surface area contributed by atoms with Crippen LogP contribution < -0.4 is 0 Å². The molecule has 0 saturated carbocycles. The van der Waals surface area contributed by atoms with E-state index in [4.69, 9.17) is 27.7 Å². The highest BCUT2D eigenvalue weighted by atomic mass is 79.9. The van der Waals surface area contributed by atoms with E-state index in [1.807, 2.05) is 0 Å². The zero-order valence-corrected chi connectivity index (χ0v) is 13.4. The molecule has 7 heteroatoms. The number of aromatic nitrogens is 2. The third kappa shape index (κ3) is 3.05. The molecule has 3 rings (SSSR count). The first kappa shape index (κ1) is 14.4. The van der Waals surface area contributed by atoms with Gasteiger partial charge in [0, 0.05) is 20.1 Å². The van der Waals surface area contributed by atoms with Crippen molar-refractivity contribution in [3.8, 4) is 28.6 Å². The van der Waals surface area contributed by atoms with Crippen molar-refractivity contribution >= 4 is 39.1 Å². The molecule has 0 radical (unpaired) electrons. The summed E-state index contributed by atoms with van der Waals surface area (Å²) in [5.74, 6) is 0.603. The van der Waals surface area contributed by atoms with Crippen molar-refractivity contribution in [2.45, 2.75) is 0 Å². The average Bonchev–Trinajstić information content (AvgIpc) is 2.90. The van der Waals surface area contributed by atoms with Crippen LogP contribution in [0.3, 0.4) is 0 Å². The van der Waals surface area contributed by atoms with E-state index in [-0.39, 0.29) is 11.6 Å². The lowest BCUT2D eigenvalue weighted by Crippen LogP contribution is -1.83. The van der Waals surface area contributed by atoms with Gasteiger partial charge in [0.25, 0.3) is 5.89 Å². The second kappa shape index (κ2) is 5.67. The minimum atomic E-state index is 0.0533. The zero-order chi connectivity index (χ0) is 15.0. The van der Waals surface area contributed by atoms with Crippen molar-refractivity contribution in [2.24, 2.45) is 0 Å². The van der Waals surface area contributed by atoms with Crippen LogP contribution in [-0.4, -0.2) is 15.2 Å². The summed E-state index contributed by atoms with van der Waals surface area (Å²) in [5.41, 5.74) is 1.08. The van der Waals surface area contributed by atoms with Gasteiger partial charge in [-0.2, -0.15) is 4.98 Å². The van der Waals surface area contributed by atoms with Crippen molar-refractivity contribution in [3.63, 3.8) is 0 Å². The van der Waals surface area contributed by atoms with Gasteiger partial charge in [0.05, 0.1) is 5.56 Å². The normalized spacial score (nSPS) is 10.8. The summed E-state index contributed by atoms with van der Waals surface area (Å²) in [7, 11) is 0. The Kier molecular flexibility index (Phi) is 3.89. The molecule has 4 nitrogen and oxygen atoms in total. The third-order valence-electron chi connectivity index (χ3n) is 2.74. The average molecular weight is 386 g/mol. The molecule has 0 bridgehead atoms. The van der Waals surface area contributed by atoms with Crippen molar-refractivity contribution in [3.05, 3.63) is 50.9 Å². The molecule has 0 atom stereocenters. The van der Waals surface area contributed by atoms with E-state index in [1.54, 1.807) is 36.4 Å². The maximum atomic E-state index is 9.87. The maximum Gasteiger partial charge on any atom is 0.262 e. The SMILES string of the molecule is Oc1ccc(Br)cc1-c1nc(-c2cc(Cl)cc(Cl)c2)no1. The standard InChI is InChI=1S/C14H7BrCl2N2O2/c15-8-1-2-12(20)11(5-8)14-18-13(19-21-14)7-3-9(16)6-10(17)4-7/h1-6,20H. The highest BCUT2D eigenvalue weighted by Crippen LogP contribution is 2.32. The van der Waals surface area contributed by atoms with E-state index >= 15 is 0 Å². The van der Waals surface area contributed by atoms with Gasteiger partial charge in [-0.3, -0.25) is 0 Å². The first-order valence-corrected chi connectivity index (χ1v) is 7.37. The van der Waals surface area contributed by atoms with Crippen LogP contribution in [0.1, 0.15) is 0 Å². The lowest BCUT2D eigenvalue weighted by atomic mass is 10.2. The van der Waals surface area contributed by atoms with Crippen LogP contribution in [0.2, 0.25) is 10.0 Å². The number of rotatable bonds is 2. The summed E-state index contributed by atoms with van der Waals surface area (Å²) < 4.78 is 5.99. The van der Waals surface area contributed by atoms with Crippen LogP contribution in [0.5, 0.6) is 5.75 Å². The summed E-state index contributed by atoms with van der Waals surface area (Å²) in [5, 5.41) is 14.7. The predicted molar refractivity (Wildman–Crippen MR) is 84.6 cm³/mol. The Bertz CT molecular complexity index is 800. The highest BCUT2D eigenvalue weighted by molar-refractivity contribution is 9.10. The number of phenols is 1. The Labute approximate surface area is 138 Å². The summed E-state index contributed by atoms with van der Waals surface area (Å²) >= 11 is 15.2. The Balaban J connectivity index is 2.05. The number of nitrogens with zero attached hydrogens (tertiary/aromatic N) is 2. The molecule has 1 N–H and O–H groups in total. The first-order valence-electron chi connectivity index (χ1n) is 5.82. The van der Waals surface area contributed by atoms with Gasteiger partial charge >= 0.3 is 0 Å². The van der Waals surface area contributed by atoms with Gasteiger partial charge in [-0.25, -0.2) is 0 Å². The fraction of sp³-hybridized carbons (Fsp3) is 0. The van der Waals surface area contributed by atoms with Crippen LogP contribution >= 0.6 is 39.1 Å². The number of hydrogen-bond acceptors (Lipinski definition) is 4. The molecule has 3 aromatic rings. The summed E-state index contributed by atoms with van der Waals surface area (Å²) in [6, 6.07) is 9.93. The van der Waals surface area contributed by atoms with Crippen LogP contribution in [0.15, 0.2) is 45.4 Å². The Hall–Kier alpha value is -1.56. The zero-order valence-electron chi connectivity index (χ0n) is 10.3. The quantitative estimate of drug-likeness (QED) is 0.660. The minimum absolute atomic E-state index is 0.0533. The predicted octanol–water partition coefficient (Wildman–Crippen LogP) is 5.18. The van der Waals surface area contributed by atoms with E-state index in [0.29, 0.717) is 27.0 Å². The molecule has 0 unspecified atom stereocenters. The molecule has 106 valence electrons. The van der Waals surface area contributed by atoms with Crippen molar-refractivity contribution in [2.75, 3.05) is 0 Å². The third-order valence-corrected chi connectivity index (χ3v) is 3.67. The van der Waals surface area contributed by atoms with Gasteiger partial charge in [0.1, 0.15) is 5.75 Å². The van der Waals surface area contributed by atoms with E-state index in [9.17, 15) is 5.11 Å². The van der Waals surface area contributed by atoms with Crippen molar-refractivity contribution in [1.29, 1.82) is 0 Å². The van der Waals surface area contributed by atoms with Gasteiger partial charge in [-0.05, 0) is 36.4 Å². The Morgan fingerprint density at radius 1 is 1.05 bits per heavy atom. The molecule has 0 spiro atoms. The summed E-state index contributed by atoms with van der Waals surface area (Å²) in [6.45, 7) is 0. The minimum Gasteiger partial charge on any atom is -0.507 e. The summed E-state index contributed by atoms with van der Waals surface area (Å²) in [4.78, 5) is 4.26. The lowest BCUT2D eigenvalue weighted by Gasteiger charge is -1.99. The van der Waals surface area contributed by atoms with Crippen LogP contribution in [0.4, 0.5) is 0 Å². The number of halogens is 3. The molecule has 0 aliphatic rings. The monoisotopic (exact) mass is 384 g/mol. The second-order valence-corrected chi connectivity index (χ2v) is 6.03. The largest absolute Gasteiger partial charge is 0.507 e. The molecular weight excluding hydrogens is 379 g/mol. The number of phenolic OH excluding ortho intramolecular Hbond substituents is 1. The van der Waals surface area contributed by atoms with E-state index in [0.717, 1.165) is 4.47 Å². The lowest BCUT2D eigenvalue weighted by molar-refractivity contribution is 0.425. The fourth-order valence-electron chi connectivity index (χ4n) is 1.81. The molecular formula is C14H7BrCl2N2O2. The molecule has 1 heterocycles. The maximum absolute atomic E-state index is 9.87. The van der Waals surface area contributed by atoms with Crippen molar-refractivity contribution < 1.29 is 9.63 Å². The van der Waals surface area contributed by atoms with Crippen molar-refractivity contribution in [1.82, 2.24) is 10.1 Å². The van der Waals surface area contributed by atoms with E-state index in [1.165, 1.54) is 0 Å². The second-order valence-electron chi connectivity index (χ2n) is 4.24. The molecule has 0 aliphatic heterocycles. The first-order chi connectivity index (χ1) is 10.0. The number of benzene rings is 2. The molecule has 0 saturated heterocycles. The van der Waals surface area contributed by atoms with Gasteiger partial charge in [0.15, 0.2) is 0 Å². The number of aromatic hydroxyl groups is 1. The highest BCUT2D eigenvalue weighted by Gasteiger charge is 2.15. The van der Waals surface area contributed by atoms with Gasteiger partial charge in [0.2, 0.25) is 5.82 Å². The van der Waals surface area contributed by atoms with Gasteiger partial charge in [-0.15, -0.1) is 0 Å². The molecule has 1 aromatic heterocycles. The Morgan fingerprint density at radius 3 is 2.48 bits per heavy atom. The molecule has 0 aliphatic carbocycles. The number of hydrogen-bond donors (Lipinski definition) is 1. The molecule has 0 fully saturated rings. The van der Waals surface area contributed by atoms with Crippen LogP contribution in [0.25, 0.3) is 22.8 Å². The molecule has 0 amide bonds.